The summed E-state index contributed by atoms with van der Waals surface area (Å²) in [6.45, 7) is 0. The molecule has 0 aliphatic carbocycles. The molecule has 106 valence electrons. The molecule has 0 saturated carbocycles. The second-order valence-electron chi connectivity index (χ2n) is 3.71. The first kappa shape index (κ1) is 15.0. The van der Waals surface area contributed by atoms with Crippen molar-refractivity contribution >= 4 is 38.9 Å². The van der Waals surface area contributed by atoms with Crippen molar-refractivity contribution in [3.63, 3.8) is 0 Å². The van der Waals surface area contributed by atoms with E-state index in [0.717, 1.165) is 24.4 Å². The molecule has 2 rings (SSSR count). The second kappa shape index (κ2) is 5.51. The average molecular weight is 339 g/mol. The summed E-state index contributed by atoms with van der Waals surface area (Å²) in [5.41, 5.74) is -0.256. The Morgan fingerprint density at radius 1 is 1.05 bits per heavy atom. The lowest BCUT2D eigenvalue weighted by Crippen LogP contribution is -2.13. The van der Waals surface area contributed by atoms with Gasteiger partial charge in [0.2, 0.25) is 0 Å². The predicted molar refractivity (Wildman–Crippen MR) is 71.4 cm³/mol. The molecule has 0 radical (unpaired) electrons. The fourth-order valence-corrected chi connectivity index (χ4v) is 2.72. The summed E-state index contributed by atoms with van der Waals surface area (Å²) >= 11 is 11.2. The quantitative estimate of drug-likeness (QED) is 0.871. The molecule has 0 saturated heterocycles. The van der Waals surface area contributed by atoms with Crippen LogP contribution in [-0.4, -0.2) is 13.4 Å². The number of pyridine rings is 1. The van der Waals surface area contributed by atoms with Gasteiger partial charge in [-0.25, -0.2) is 22.2 Å². The second-order valence-corrected chi connectivity index (χ2v) is 6.15. The summed E-state index contributed by atoms with van der Waals surface area (Å²) in [6.07, 6.45) is 0.978. The summed E-state index contributed by atoms with van der Waals surface area (Å²) in [5, 5.41) is -0.109. The Morgan fingerprint density at radius 3 is 2.20 bits per heavy atom. The number of anilines is 1. The third kappa shape index (κ3) is 3.36. The number of aromatic nitrogens is 1. The minimum Gasteiger partial charge on any atom is -0.279 e. The van der Waals surface area contributed by atoms with Gasteiger partial charge in [-0.15, -0.1) is 0 Å². The molecule has 1 aromatic carbocycles. The molecule has 0 aliphatic heterocycles. The van der Waals surface area contributed by atoms with Crippen molar-refractivity contribution in [1.82, 2.24) is 4.98 Å². The Morgan fingerprint density at radius 2 is 1.65 bits per heavy atom. The zero-order valence-electron chi connectivity index (χ0n) is 9.57. The fourth-order valence-electron chi connectivity index (χ4n) is 1.38. The Kier molecular flexibility index (Phi) is 4.12. The van der Waals surface area contributed by atoms with Crippen LogP contribution in [0.5, 0.6) is 0 Å². The molecule has 2 aromatic rings. The number of rotatable bonds is 3. The molecule has 0 unspecified atom stereocenters. The van der Waals surface area contributed by atoms with E-state index in [0.29, 0.717) is 6.07 Å². The van der Waals surface area contributed by atoms with E-state index in [2.05, 4.69) is 4.98 Å². The van der Waals surface area contributed by atoms with E-state index in [9.17, 15) is 17.2 Å². The molecule has 20 heavy (non-hydrogen) atoms. The van der Waals surface area contributed by atoms with Gasteiger partial charge in [0, 0.05) is 12.3 Å². The van der Waals surface area contributed by atoms with Gasteiger partial charge in [-0.3, -0.25) is 4.72 Å². The number of benzene rings is 1. The van der Waals surface area contributed by atoms with E-state index in [-0.39, 0.29) is 20.8 Å². The molecule has 4 nitrogen and oxygen atoms in total. The lowest BCUT2D eigenvalue weighted by molar-refractivity contribution is 0.584. The van der Waals surface area contributed by atoms with Crippen LogP contribution in [-0.2, 0) is 10.0 Å². The molecular weight excluding hydrogens is 333 g/mol. The van der Waals surface area contributed by atoms with E-state index < -0.39 is 21.7 Å². The van der Waals surface area contributed by atoms with Crippen LogP contribution in [0.15, 0.2) is 35.4 Å². The molecule has 0 bridgehead atoms. The smallest absolute Gasteiger partial charge is 0.263 e. The topological polar surface area (TPSA) is 59.1 Å². The molecule has 1 N–H and O–H groups in total. The first-order chi connectivity index (χ1) is 9.28. The van der Waals surface area contributed by atoms with Gasteiger partial charge in [0.1, 0.15) is 21.7 Å². The van der Waals surface area contributed by atoms with Crippen molar-refractivity contribution in [2.45, 2.75) is 4.90 Å². The first-order valence-corrected chi connectivity index (χ1v) is 7.32. The standard InChI is InChI=1S/C11H6Cl2F2N2O2S/c12-10-4-9(5-16-11(10)13)20(18,19)17-8-2-6(14)1-7(15)3-8/h1-5,17H. The van der Waals surface area contributed by atoms with Gasteiger partial charge in [-0.1, -0.05) is 23.2 Å². The fraction of sp³-hybridized carbons (Fsp3) is 0. The number of nitrogens with one attached hydrogen (secondary N) is 1. The largest absolute Gasteiger partial charge is 0.279 e. The van der Waals surface area contributed by atoms with E-state index in [4.69, 9.17) is 23.2 Å². The minimum atomic E-state index is -4.08. The van der Waals surface area contributed by atoms with E-state index in [1.165, 1.54) is 0 Å². The van der Waals surface area contributed by atoms with E-state index in [1.54, 1.807) is 0 Å². The SMILES string of the molecule is O=S(=O)(Nc1cc(F)cc(F)c1)c1cnc(Cl)c(Cl)c1. The van der Waals surface area contributed by atoms with Crippen LogP contribution in [0, 0.1) is 11.6 Å². The summed E-state index contributed by atoms with van der Waals surface area (Å²) in [4.78, 5) is 3.31. The Hall–Kier alpha value is -1.44. The number of nitrogens with zero attached hydrogens (tertiary/aromatic N) is 1. The highest BCUT2D eigenvalue weighted by atomic mass is 35.5. The number of sulfonamides is 1. The molecule has 0 fully saturated rings. The third-order valence-electron chi connectivity index (χ3n) is 2.20. The molecule has 1 aromatic heterocycles. The van der Waals surface area contributed by atoms with E-state index in [1.807, 2.05) is 4.72 Å². The van der Waals surface area contributed by atoms with Crippen LogP contribution in [0.3, 0.4) is 0 Å². The zero-order chi connectivity index (χ0) is 14.9. The van der Waals surface area contributed by atoms with Crippen LogP contribution in [0.2, 0.25) is 10.2 Å². The number of halogens is 4. The van der Waals surface area contributed by atoms with Gasteiger partial charge >= 0.3 is 0 Å². The average Bonchev–Trinajstić information content (AvgIpc) is 2.30. The van der Waals surface area contributed by atoms with Crippen LogP contribution < -0.4 is 4.72 Å². The number of hydrogen-bond donors (Lipinski definition) is 1. The maximum atomic E-state index is 13.0. The van der Waals surface area contributed by atoms with Crippen LogP contribution in [0.4, 0.5) is 14.5 Å². The third-order valence-corrected chi connectivity index (χ3v) is 4.23. The van der Waals surface area contributed by atoms with Gasteiger partial charge in [0.25, 0.3) is 10.0 Å². The Labute approximate surface area is 123 Å². The lowest BCUT2D eigenvalue weighted by Gasteiger charge is -2.08. The Balaban J connectivity index is 2.37. The van der Waals surface area contributed by atoms with Crippen molar-refractivity contribution in [1.29, 1.82) is 0 Å². The highest BCUT2D eigenvalue weighted by Gasteiger charge is 2.17. The first-order valence-electron chi connectivity index (χ1n) is 5.08. The van der Waals surface area contributed by atoms with Crippen molar-refractivity contribution in [3.05, 3.63) is 52.3 Å². The van der Waals surface area contributed by atoms with Crippen LogP contribution in [0.25, 0.3) is 0 Å². The summed E-state index contributed by atoms with van der Waals surface area (Å²) in [5.74, 6) is -1.81. The van der Waals surface area contributed by atoms with Crippen molar-refractivity contribution in [3.8, 4) is 0 Å². The van der Waals surface area contributed by atoms with Gasteiger partial charge in [-0.2, -0.15) is 0 Å². The van der Waals surface area contributed by atoms with Crippen molar-refractivity contribution in [2.75, 3.05) is 4.72 Å². The van der Waals surface area contributed by atoms with Gasteiger partial charge < -0.3 is 0 Å². The minimum absolute atomic E-state index is 0.0533. The highest BCUT2D eigenvalue weighted by Crippen LogP contribution is 2.24. The normalized spacial score (nSPS) is 11.4. The predicted octanol–water partition coefficient (Wildman–Crippen LogP) is 3.47. The molecule has 0 spiro atoms. The molecule has 0 amide bonds. The van der Waals surface area contributed by atoms with Gasteiger partial charge in [0.05, 0.1) is 10.7 Å². The Bertz CT molecular complexity index is 749. The molecule has 0 aliphatic rings. The summed E-state index contributed by atoms with van der Waals surface area (Å²) in [7, 11) is -4.08. The highest BCUT2D eigenvalue weighted by molar-refractivity contribution is 7.92. The summed E-state index contributed by atoms with van der Waals surface area (Å²) < 4.78 is 52.0. The maximum absolute atomic E-state index is 13.0. The monoisotopic (exact) mass is 338 g/mol. The molecule has 1 heterocycles. The zero-order valence-corrected chi connectivity index (χ0v) is 11.9. The molecule has 0 atom stereocenters. The number of hydrogen-bond acceptors (Lipinski definition) is 3. The van der Waals surface area contributed by atoms with Gasteiger partial charge in [0.15, 0.2) is 0 Å². The molecular formula is C11H6Cl2F2N2O2S. The van der Waals surface area contributed by atoms with Crippen LogP contribution in [0.1, 0.15) is 0 Å². The van der Waals surface area contributed by atoms with Gasteiger partial charge in [-0.05, 0) is 18.2 Å². The molecule has 9 heteroatoms. The lowest BCUT2D eigenvalue weighted by atomic mass is 10.3. The van der Waals surface area contributed by atoms with Crippen LogP contribution >= 0.6 is 23.2 Å². The van der Waals surface area contributed by atoms with Crippen molar-refractivity contribution < 1.29 is 17.2 Å². The summed E-state index contributed by atoms with van der Waals surface area (Å²) in [6, 6.07) is 3.38. The van der Waals surface area contributed by atoms with Crippen molar-refractivity contribution in [2.24, 2.45) is 0 Å². The maximum Gasteiger partial charge on any atom is 0.263 e. The van der Waals surface area contributed by atoms with E-state index >= 15 is 0 Å².